The van der Waals surface area contributed by atoms with Gasteiger partial charge in [-0.05, 0) is 31.1 Å². The van der Waals surface area contributed by atoms with Gasteiger partial charge in [0.25, 0.3) is 0 Å². The lowest BCUT2D eigenvalue weighted by Crippen LogP contribution is -2.24. The van der Waals surface area contributed by atoms with Crippen LogP contribution in [0.15, 0.2) is 6.33 Å². The Hall–Kier alpha value is -1.32. The Labute approximate surface area is 122 Å². The Bertz CT molecular complexity index is 436. The molecule has 0 atom stereocenters. The molecule has 0 aliphatic heterocycles. The summed E-state index contributed by atoms with van der Waals surface area (Å²) in [5.41, 5.74) is 1.63. The monoisotopic (exact) mass is 276 g/mol. The zero-order valence-electron chi connectivity index (χ0n) is 13.3. The lowest BCUT2D eigenvalue weighted by molar-refractivity contribution is 0.361. The van der Waals surface area contributed by atoms with E-state index in [1.165, 1.54) is 31.2 Å². The molecule has 20 heavy (non-hydrogen) atoms. The first-order chi connectivity index (χ1) is 9.56. The van der Waals surface area contributed by atoms with Crippen LogP contribution in [0.3, 0.4) is 0 Å². The Kier molecular flexibility index (Phi) is 4.84. The number of nitrogens with zero attached hydrogens (tertiary/aromatic N) is 2. The summed E-state index contributed by atoms with van der Waals surface area (Å²) < 4.78 is 0. The van der Waals surface area contributed by atoms with Crippen LogP contribution in [-0.4, -0.2) is 23.1 Å². The molecule has 1 heterocycles. The van der Waals surface area contributed by atoms with Crippen molar-refractivity contribution < 1.29 is 0 Å². The molecule has 1 aromatic heterocycles. The molecular formula is C16H28N4. The van der Waals surface area contributed by atoms with Gasteiger partial charge in [-0.25, -0.2) is 9.97 Å². The topological polar surface area (TPSA) is 49.8 Å². The molecule has 112 valence electrons. The lowest BCUT2D eigenvalue weighted by Gasteiger charge is -2.25. The van der Waals surface area contributed by atoms with Crippen molar-refractivity contribution in [3.63, 3.8) is 0 Å². The van der Waals surface area contributed by atoms with Crippen molar-refractivity contribution >= 4 is 11.6 Å². The van der Waals surface area contributed by atoms with Crippen molar-refractivity contribution in [2.45, 2.75) is 59.3 Å². The molecule has 0 saturated heterocycles. The minimum atomic E-state index is 0.407. The molecule has 0 amide bonds. The number of hydrogen-bond acceptors (Lipinski definition) is 4. The first kappa shape index (κ1) is 15.1. The van der Waals surface area contributed by atoms with Crippen LogP contribution in [0.4, 0.5) is 11.6 Å². The highest BCUT2D eigenvalue weighted by atomic mass is 15.1. The van der Waals surface area contributed by atoms with Crippen LogP contribution in [0.2, 0.25) is 0 Å². The molecule has 1 fully saturated rings. The SMILES string of the molecule is CCNc1ncnc(NCC2(C)CCCC2)c1C(C)C. The molecule has 4 nitrogen and oxygen atoms in total. The predicted molar refractivity (Wildman–Crippen MR) is 85.3 cm³/mol. The van der Waals surface area contributed by atoms with E-state index in [9.17, 15) is 0 Å². The standard InChI is InChI=1S/C16H28N4/c1-5-17-14-13(12(2)3)15(20-11-19-14)18-10-16(4)8-6-7-9-16/h11-12H,5-10H2,1-4H3,(H2,17,18,19,20). The minimum absolute atomic E-state index is 0.407. The minimum Gasteiger partial charge on any atom is -0.370 e. The number of aromatic nitrogens is 2. The van der Waals surface area contributed by atoms with Crippen LogP contribution in [0.5, 0.6) is 0 Å². The van der Waals surface area contributed by atoms with Gasteiger partial charge in [0.2, 0.25) is 0 Å². The maximum atomic E-state index is 4.47. The smallest absolute Gasteiger partial charge is 0.135 e. The van der Waals surface area contributed by atoms with E-state index in [2.05, 4.69) is 48.3 Å². The summed E-state index contributed by atoms with van der Waals surface area (Å²) in [7, 11) is 0. The third-order valence-corrected chi connectivity index (χ3v) is 4.30. The second-order valence-electron chi connectivity index (χ2n) is 6.54. The highest BCUT2D eigenvalue weighted by Gasteiger charge is 2.29. The van der Waals surface area contributed by atoms with E-state index >= 15 is 0 Å². The van der Waals surface area contributed by atoms with E-state index in [0.29, 0.717) is 11.3 Å². The molecule has 1 saturated carbocycles. The Morgan fingerprint density at radius 2 is 1.75 bits per heavy atom. The van der Waals surface area contributed by atoms with Gasteiger partial charge in [-0.2, -0.15) is 0 Å². The van der Waals surface area contributed by atoms with Crippen LogP contribution in [0, 0.1) is 5.41 Å². The van der Waals surface area contributed by atoms with Gasteiger partial charge in [0.1, 0.15) is 18.0 Å². The van der Waals surface area contributed by atoms with Crippen molar-refractivity contribution in [2.75, 3.05) is 23.7 Å². The predicted octanol–water partition coefficient (Wildman–Crippen LogP) is 4.02. The highest BCUT2D eigenvalue weighted by molar-refractivity contribution is 5.59. The van der Waals surface area contributed by atoms with Crippen molar-refractivity contribution in [2.24, 2.45) is 5.41 Å². The van der Waals surface area contributed by atoms with E-state index in [1.54, 1.807) is 6.33 Å². The third-order valence-electron chi connectivity index (χ3n) is 4.30. The number of anilines is 2. The number of rotatable bonds is 6. The van der Waals surface area contributed by atoms with Gasteiger partial charge < -0.3 is 10.6 Å². The van der Waals surface area contributed by atoms with E-state index in [-0.39, 0.29) is 0 Å². The Morgan fingerprint density at radius 3 is 2.30 bits per heavy atom. The number of nitrogens with one attached hydrogen (secondary N) is 2. The van der Waals surface area contributed by atoms with Gasteiger partial charge in [0.05, 0.1) is 0 Å². The van der Waals surface area contributed by atoms with Gasteiger partial charge >= 0.3 is 0 Å². The Balaban J connectivity index is 2.15. The van der Waals surface area contributed by atoms with Crippen LogP contribution in [0.25, 0.3) is 0 Å². The van der Waals surface area contributed by atoms with Crippen molar-refractivity contribution in [1.29, 1.82) is 0 Å². The summed E-state index contributed by atoms with van der Waals surface area (Å²) in [6, 6.07) is 0. The van der Waals surface area contributed by atoms with E-state index in [4.69, 9.17) is 0 Å². The highest BCUT2D eigenvalue weighted by Crippen LogP contribution is 2.38. The van der Waals surface area contributed by atoms with E-state index < -0.39 is 0 Å². The fourth-order valence-electron chi connectivity index (χ4n) is 3.09. The summed E-state index contributed by atoms with van der Waals surface area (Å²) in [5, 5.41) is 6.93. The molecule has 0 bridgehead atoms. The van der Waals surface area contributed by atoms with Gasteiger partial charge in [-0.15, -0.1) is 0 Å². The first-order valence-electron chi connectivity index (χ1n) is 7.88. The zero-order chi connectivity index (χ0) is 14.6. The van der Waals surface area contributed by atoms with Crippen molar-refractivity contribution in [3.05, 3.63) is 11.9 Å². The summed E-state index contributed by atoms with van der Waals surface area (Å²) >= 11 is 0. The molecule has 0 aromatic carbocycles. The lowest BCUT2D eigenvalue weighted by atomic mass is 9.89. The first-order valence-corrected chi connectivity index (χ1v) is 7.88. The van der Waals surface area contributed by atoms with Crippen LogP contribution in [-0.2, 0) is 0 Å². The average Bonchev–Trinajstić information content (AvgIpc) is 2.84. The van der Waals surface area contributed by atoms with Gasteiger partial charge in [-0.1, -0.05) is 33.6 Å². The summed E-state index contributed by atoms with van der Waals surface area (Å²) in [5.74, 6) is 2.37. The summed E-state index contributed by atoms with van der Waals surface area (Å²) in [6.07, 6.45) is 7.02. The summed E-state index contributed by atoms with van der Waals surface area (Å²) in [4.78, 5) is 8.86. The maximum Gasteiger partial charge on any atom is 0.135 e. The van der Waals surface area contributed by atoms with Crippen LogP contribution >= 0.6 is 0 Å². The molecule has 4 heteroatoms. The fraction of sp³-hybridized carbons (Fsp3) is 0.750. The molecule has 1 aromatic rings. The molecule has 2 N–H and O–H groups in total. The van der Waals surface area contributed by atoms with Gasteiger partial charge in [0, 0.05) is 18.7 Å². The second kappa shape index (κ2) is 6.42. The van der Waals surface area contributed by atoms with Crippen molar-refractivity contribution in [3.8, 4) is 0 Å². The van der Waals surface area contributed by atoms with Crippen LogP contribution < -0.4 is 10.6 Å². The molecule has 0 spiro atoms. The van der Waals surface area contributed by atoms with Crippen LogP contribution in [0.1, 0.15) is 64.9 Å². The molecule has 0 radical (unpaired) electrons. The molecule has 0 unspecified atom stereocenters. The quantitative estimate of drug-likeness (QED) is 0.824. The molecule has 1 aliphatic rings. The largest absolute Gasteiger partial charge is 0.370 e. The maximum absolute atomic E-state index is 4.47. The number of hydrogen-bond donors (Lipinski definition) is 2. The van der Waals surface area contributed by atoms with Crippen molar-refractivity contribution in [1.82, 2.24) is 9.97 Å². The fourth-order valence-corrected chi connectivity index (χ4v) is 3.09. The molecular weight excluding hydrogens is 248 g/mol. The average molecular weight is 276 g/mol. The summed E-state index contributed by atoms with van der Waals surface area (Å²) in [6.45, 7) is 10.8. The zero-order valence-corrected chi connectivity index (χ0v) is 13.3. The van der Waals surface area contributed by atoms with Gasteiger partial charge in [0.15, 0.2) is 0 Å². The van der Waals surface area contributed by atoms with E-state index in [0.717, 1.165) is 24.7 Å². The molecule has 2 rings (SSSR count). The van der Waals surface area contributed by atoms with E-state index in [1.807, 2.05) is 0 Å². The third kappa shape index (κ3) is 3.41. The van der Waals surface area contributed by atoms with Gasteiger partial charge in [-0.3, -0.25) is 0 Å². The molecule has 1 aliphatic carbocycles. The second-order valence-corrected chi connectivity index (χ2v) is 6.54. The normalized spacial score (nSPS) is 17.4. The Morgan fingerprint density at radius 1 is 1.15 bits per heavy atom.